The molecular formula is C21H27N5. The lowest BCUT2D eigenvalue weighted by atomic mass is 10.0. The number of fused-ring (bicyclic) bond motifs is 1. The van der Waals surface area contributed by atoms with Gasteiger partial charge in [-0.2, -0.15) is 5.10 Å². The molecule has 2 aromatic heterocycles. The van der Waals surface area contributed by atoms with Crippen LogP contribution in [0.4, 0.5) is 11.4 Å². The predicted octanol–water partition coefficient (Wildman–Crippen LogP) is 3.48. The second kappa shape index (κ2) is 7.38. The van der Waals surface area contributed by atoms with Gasteiger partial charge in [-0.15, -0.1) is 0 Å². The molecule has 136 valence electrons. The van der Waals surface area contributed by atoms with E-state index < -0.39 is 0 Å². The second-order valence-electron chi connectivity index (χ2n) is 7.25. The van der Waals surface area contributed by atoms with Crippen molar-refractivity contribution in [1.82, 2.24) is 14.5 Å². The molecule has 3 aromatic rings. The monoisotopic (exact) mass is 349 g/mol. The summed E-state index contributed by atoms with van der Waals surface area (Å²) >= 11 is 0. The van der Waals surface area contributed by atoms with Crippen LogP contribution < -0.4 is 10.2 Å². The molecule has 3 heterocycles. The van der Waals surface area contributed by atoms with E-state index in [0.717, 1.165) is 23.4 Å². The lowest BCUT2D eigenvalue weighted by molar-refractivity contribution is 0.253. The molecule has 0 spiro atoms. The lowest BCUT2D eigenvalue weighted by Crippen LogP contribution is -2.41. The summed E-state index contributed by atoms with van der Waals surface area (Å²) in [6.07, 6.45) is 4.45. The Morgan fingerprint density at radius 3 is 2.62 bits per heavy atom. The third kappa shape index (κ3) is 3.68. The van der Waals surface area contributed by atoms with Crippen molar-refractivity contribution >= 4 is 16.9 Å². The van der Waals surface area contributed by atoms with E-state index in [2.05, 4.69) is 70.7 Å². The maximum atomic E-state index is 4.58. The number of benzene rings is 1. The maximum Gasteiger partial charge on any atom is 0.0826 e. The Kier molecular flexibility index (Phi) is 4.80. The normalized spacial score (nSPS) is 16.1. The summed E-state index contributed by atoms with van der Waals surface area (Å²) in [6, 6.07) is 17.6. The molecule has 1 aliphatic rings. The molecule has 0 amide bonds. The average molecular weight is 349 g/mol. The second-order valence-corrected chi connectivity index (χ2v) is 7.25. The lowest BCUT2D eigenvalue weighted by Gasteiger charge is -2.36. The molecule has 1 N–H and O–H groups in total. The van der Waals surface area contributed by atoms with Crippen LogP contribution in [0.15, 0.2) is 54.7 Å². The van der Waals surface area contributed by atoms with Crippen LogP contribution in [0.5, 0.6) is 0 Å². The van der Waals surface area contributed by atoms with Crippen molar-refractivity contribution in [1.29, 1.82) is 0 Å². The summed E-state index contributed by atoms with van der Waals surface area (Å²) < 4.78 is 1.91. The molecule has 4 rings (SSSR count). The van der Waals surface area contributed by atoms with Gasteiger partial charge in [0.15, 0.2) is 0 Å². The van der Waals surface area contributed by atoms with Gasteiger partial charge in [0.1, 0.15) is 0 Å². The van der Waals surface area contributed by atoms with Gasteiger partial charge in [-0.3, -0.25) is 0 Å². The van der Waals surface area contributed by atoms with Crippen molar-refractivity contribution < 1.29 is 0 Å². The quantitative estimate of drug-likeness (QED) is 0.765. The summed E-state index contributed by atoms with van der Waals surface area (Å²) in [6.45, 7) is 3.10. The number of hydrogen-bond acceptors (Lipinski definition) is 4. The number of nitrogens with one attached hydrogen (secondary N) is 1. The molecule has 1 saturated heterocycles. The van der Waals surface area contributed by atoms with Crippen molar-refractivity contribution in [2.75, 3.05) is 37.4 Å². The van der Waals surface area contributed by atoms with Crippen LogP contribution in [-0.4, -0.2) is 47.7 Å². The van der Waals surface area contributed by atoms with Crippen LogP contribution in [0.3, 0.4) is 0 Å². The van der Waals surface area contributed by atoms with Gasteiger partial charge in [0.05, 0.1) is 17.8 Å². The van der Waals surface area contributed by atoms with E-state index in [1.165, 1.54) is 31.6 Å². The molecule has 5 nitrogen and oxygen atoms in total. The average Bonchev–Trinajstić information content (AvgIpc) is 3.10. The van der Waals surface area contributed by atoms with Gasteiger partial charge in [0.25, 0.3) is 0 Å². The summed E-state index contributed by atoms with van der Waals surface area (Å²) in [7, 11) is 4.43. The maximum absolute atomic E-state index is 4.58. The molecule has 1 aromatic carbocycles. The number of rotatable bonds is 5. The zero-order valence-corrected chi connectivity index (χ0v) is 15.6. The summed E-state index contributed by atoms with van der Waals surface area (Å²) in [5, 5.41) is 8.06. The van der Waals surface area contributed by atoms with Crippen molar-refractivity contribution in [3.63, 3.8) is 0 Å². The smallest absolute Gasteiger partial charge is 0.0826 e. The first-order valence-corrected chi connectivity index (χ1v) is 9.38. The zero-order valence-electron chi connectivity index (χ0n) is 15.6. The highest BCUT2D eigenvalue weighted by molar-refractivity contribution is 5.55. The van der Waals surface area contributed by atoms with Crippen molar-refractivity contribution in [2.45, 2.75) is 25.4 Å². The van der Waals surface area contributed by atoms with Crippen LogP contribution in [0.2, 0.25) is 0 Å². The molecule has 0 bridgehead atoms. The molecule has 0 atom stereocenters. The Morgan fingerprint density at radius 1 is 1.12 bits per heavy atom. The van der Waals surface area contributed by atoms with Gasteiger partial charge in [-0.1, -0.05) is 6.07 Å². The van der Waals surface area contributed by atoms with Crippen LogP contribution in [0, 0.1) is 0 Å². The molecule has 0 unspecified atom stereocenters. The minimum Gasteiger partial charge on any atom is -0.379 e. The summed E-state index contributed by atoms with van der Waals surface area (Å²) in [4.78, 5) is 4.84. The van der Waals surface area contributed by atoms with E-state index >= 15 is 0 Å². The van der Waals surface area contributed by atoms with Crippen molar-refractivity contribution in [2.24, 2.45) is 0 Å². The molecule has 1 aliphatic heterocycles. The number of aromatic nitrogens is 2. The molecule has 0 aliphatic carbocycles. The molecule has 0 radical (unpaired) electrons. The summed E-state index contributed by atoms with van der Waals surface area (Å²) in [5.41, 5.74) is 4.59. The van der Waals surface area contributed by atoms with Gasteiger partial charge in [-0.25, -0.2) is 4.52 Å². The van der Waals surface area contributed by atoms with Crippen molar-refractivity contribution in [3.8, 4) is 0 Å². The third-order valence-corrected chi connectivity index (χ3v) is 5.40. The Balaban J connectivity index is 1.36. The minimum atomic E-state index is 0.642. The van der Waals surface area contributed by atoms with Gasteiger partial charge in [0.2, 0.25) is 0 Å². The standard InChI is InChI=1S/C21H27N5/c1-24-13-10-20(11-14-24)25(2)19-8-6-17(7-9-19)22-16-18-15-21-5-3-4-12-26(21)23-18/h3-9,12,15,20,22H,10-11,13-14,16H2,1-2H3. The van der Waals surface area contributed by atoms with E-state index in [1.54, 1.807) is 0 Å². The van der Waals surface area contributed by atoms with Crippen LogP contribution >= 0.6 is 0 Å². The number of piperidine rings is 1. The van der Waals surface area contributed by atoms with Gasteiger partial charge in [0, 0.05) is 30.7 Å². The Morgan fingerprint density at radius 2 is 1.88 bits per heavy atom. The number of pyridine rings is 1. The highest BCUT2D eigenvalue weighted by atomic mass is 15.2. The number of anilines is 2. The zero-order chi connectivity index (χ0) is 17.9. The van der Waals surface area contributed by atoms with Crippen molar-refractivity contribution in [3.05, 3.63) is 60.4 Å². The first-order valence-electron chi connectivity index (χ1n) is 9.38. The van der Waals surface area contributed by atoms with E-state index in [0.29, 0.717) is 6.04 Å². The van der Waals surface area contributed by atoms with Crippen LogP contribution in [0.1, 0.15) is 18.5 Å². The highest BCUT2D eigenvalue weighted by Crippen LogP contribution is 2.23. The minimum absolute atomic E-state index is 0.642. The predicted molar refractivity (Wildman–Crippen MR) is 108 cm³/mol. The number of hydrogen-bond donors (Lipinski definition) is 1. The molecule has 1 fully saturated rings. The van der Waals surface area contributed by atoms with Crippen LogP contribution in [-0.2, 0) is 6.54 Å². The van der Waals surface area contributed by atoms with E-state index in [-0.39, 0.29) is 0 Å². The Bertz CT molecular complexity index is 813. The van der Waals surface area contributed by atoms with Gasteiger partial charge < -0.3 is 15.1 Å². The van der Waals surface area contributed by atoms with Crippen LogP contribution in [0.25, 0.3) is 5.52 Å². The Hall–Kier alpha value is -2.53. The first kappa shape index (κ1) is 16.9. The van der Waals surface area contributed by atoms with E-state index in [9.17, 15) is 0 Å². The Labute approximate surface area is 155 Å². The molecule has 0 saturated carbocycles. The largest absolute Gasteiger partial charge is 0.379 e. The first-order chi connectivity index (χ1) is 12.7. The topological polar surface area (TPSA) is 35.8 Å². The van der Waals surface area contributed by atoms with E-state index in [1.807, 2.05) is 22.8 Å². The number of nitrogens with zero attached hydrogens (tertiary/aromatic N) is 4. The van der Waals surface area contributed by atoms with Gasteiger partial charge >= 0.3 is 0 Å². The molecule has 5 heteroatoms. The fraction of sp³-hybridized carbons (Fsp3) is 0.381. The summed E-state index contributed by atoms with van der Waals surface area (Å²) in [5.74, 6) is 0. The fourth-order valence-corrected chi connectivity index (χ4v) is 3.68. The van der Waals surface area contributed by atoms with E-state index in [4.69, 9.17) is 0 Å². The molecule has 26 heavy (non-hydrogen) atoms. The number of likely N-dealkylation sites (tertiary alicyclic amines) is 1. The molecular weight excluding hydrogens is 322 g/mol. The van der Waals surface area contributed by atoms with Gasteiger partial charge in [-0.05, 0) is 75.4 Å². The fourth-order valence-electron chi connectivity index (χ4n) is 3.68. The highest BCUT2D eigenvalue weighted by Gasteiger charge is 2.20. The third-order valence-electron chi connectivity index (χ3n) is 5.40. The SMILES string of the molecule is CN1CCC(N(C)c2ccc(NCc3cc4ccccn4n3)cc2)CC1.